The Bertz CT molecular complexity index is 421. The standard InChI is InChI=1S/C12H20N4O2/c1-9-6-11(18-3)7-10(14-9)8-16(2)5-4-12(13)15-17/h6-7,17H,4-5,8H2,1-3H3,(H2,13,15). The summed E-state index contributed by atoms with van der Waals surface area (Å²) in [5.74, 6) is 1.04. The van der Waals surface area contributed by atoms with Gasteiger partial charge in [-0.05, 0) is 14.0 Å². The van der Waals surface area contributed by atoms with Gasteiger partial charge >= 0.3 is 0 Å². The molecular weight excluding hydrogens is 232 g/mol. The molecule has 3 N–H and O–H groups in total. The summed E-state index contributed by atoms with van der Waals surface area (Å²) in [7, 11) is 3.60. The molecule has 1 aromatic heterocycles. The molecule has 0 atom stereocenters. The largest absolute Gasteiger partial charge is 0.497 e. The Morgan fingerprint density at radius 3 is 2.89 bits per heavy atom. The highest BCUT2D eigenvalue weighted by Crippen LogP contribution is 2.14. The molecule has 1 rings (SSSR count). The van der Waals surface area contributed by atoms with E-state index in [2.05, 4.69) is 15.0 Å². The number of aromatic nitrogens is 1. The van der Waals surface area contributed by atoms with Crippen molar-refractivity contribution in [3.8, 4) is 5.75 Å². The summed E-state index contributed by atoms with van der Waals surface area (Å²) in [6.07, 6.45) is 0.524. The van der Waals surface area contributed by atoms with Crippen molar-refractivity contribution in [2.24, 2.45) is 10.9 Å². The molecule has 0 aliphatic heterocycles. The topological polar surface area (TPSA) is 84.0 Å². The molecule has 0 unspecified atom stereocenters. The number of rotatable bonds is 6. The first-order valence-electron chi connectivity index (χ1n) is 5.71. The number of ether oxygens (including phenoxy) is 1. The van der Waals surface area contributed by atoms with E-state index in [9.17, 15) is 0 Å². The molecular formula is C12H20N4O2. The van der Waals surface area contributed by atoms with Crippen LogP contribution >= 0.6 is 0 Å². The molecule has 0 saturated heterocycles. The van der Waals surface area contributed by atoms with Crippen molar-refractivity contribution in [2.45, 2.75) is 19.9 Å². The van der Waals surface area contributed by atoms with Crippen LogP contribution in [-0.2, 0) is 6.54 Å². The number of hydrogen-bond acceptors (Lipinski definition) is 5. The van der Waals surface area contributed by atoms with Crippen LogP contribution in [-0.4, -0.2) is 41.6 Å². The number of amidine groups is 1. The first kappa shape index (κ1) is 14.2. The van der Waals surface area contributed by atoms with E-state index >= 15 is 0 Å². The Morgan fingerprint density at radius 1 is 1.56 bits per heavy atom. The Kier molecular flexibility index (Phi) is 5.38. The van der Waals surface area contributed by atoms with Gasteiger partial charge in [-0.2, -0.15) is 0 Å². The molecule has 18 heavy (non-hydrogen) atoms. The van der Waals surface area contributed by atoms with E-state index in [1.54, 1.807) is 7.11 Å². The second-order valence-electron chi connectivity index (χ2n) is 4.22. The smallest absolute Gasteiger partial charge is 0.140 e. The maximum Gasteiger partial charge on any atom is 0.140 e. The van der Waals surface area contributed by atoms with Crippen LogP contribution in [0.2, 0.25) is 0 Å². The normalized spacial score (nSPS) is 11.9. The maximum atomic E-state index is 8.46. The van der Waals surface area contributed by atoms with Gasteiger partial charge in [0, 0.05) is 37.3 Å². The number of nitrogens with zero attached hydrogens (tertiary/aromatic N) is 3. The van der Waals surface area contributed by atoms with Gasteiger partial charge in [-0.15, -0.1) is 0 Å². The van der Waals surface area contributed by atoms with Gasteiger partial charge in [0.25, 0.3) is 0 Å². The lowest BCUT2D eigenvalue weighted by atomic mass is 10.2. The predicted octanol–water partition coefficient (Wildman–Crippen LogP) is 0.967. The Labute approximate surface area is 107 Å². The molecule has 1 heterocycles. The summed E-state index contributed by atoms with van der Waals surface area (Å²) in [6, 6.07) is 3.80. The van der Waals surface area contributed by atoms with Crippen LogP contribution in [0.15, 0.2) is 17.3 Å². The van der Waals surface area contributed by atoms with E-state index in [1.807, 2.05) is 26.1 Å². The molecule has 0 aliphatic rings. The van der Waals surface area contributed by atoms with Crippen molar-refractivity contribution in [1.29, 1.82) is 0 Å². The number of methoxy groups -OCH3 is 1. The molecule has 0 spiro atoms. The summed E-state index contributed by atoms with van der Waals surface area (Å²) in [5.41, 5.74) is 7.29. The van der Waals surface area contributed by atoms with Gasteiger partial charge in [0.05, 0.1) is 12.8 Å². The fourth-order valence-corrected chi connectivity index (χ4v) is 1.61. The zero-order valence-corrected chi connectivity index (χ0v) is 11.1. The molecule has 1 aromatic rings. The summed E-state index contributed by atoms with van der Waals surface area (Å²) in [4.78, 5) is 6.49. The molecule has 0 saturated carbocycles. The monoisotopic (exact) mass is 252 g/mol. The van der Waals surface area contributed by atoms with Gasteiger partial charge in [0.2, 0.25) is 0 Å². The minimum absolute atomic E-state index is 0.233. The number of nitrogens with two attached hydrogens (primary N) is 1. The van der Waals surface area contributed by atoms with E-state index in [4.69, 9.17) is 15.7 Å². The number of pyridine rings is 1. The van der Waals surface area contributed by atoms with Crippen molar-refractivity contribution in [1.82, 2.24) is 9.88 Å². The van der Waals surface area contributed by atoms with Gasteiger partial charge in [-0.25, -0.2) is 0 Å². The number of hydrogen-bond donors (Lipinski definition) is 2. The van der Waals surface area contributed by atoms with Crippen LogP contribution in [0.3, 0.4) is 0 Å². The lowest BCUT2D eigenvalue weighted by Crippen LogP contribution is -2.24. The van der Waals surface area contributed by atoms with Crippen molar-refractivity contribution < 1.29 is 9.94 Å². The van der Waals surface area contributed by atoms with E-state index < -0.39 is 0 Å². The minimum Gasteiger partial charge on any atom is -0.497 e. The van der Waals surface area contributed by atoms with Crippen LogP contribution < -0.4 is 10.5 Å². The molecule has 100 valence electrons. The summed E-state index contributed by atoms with van der Waals surface area (Å²) < 4.78 is 5.20. The second-order valence-corrected chi connectivity index (χ2v) is 4.22. The lowest BCUT2D eigenvalue weighted by Gasteiger charge is -2.16. The van der Waals surface area contributed by atoms with E-state index in [0.29, 0.717) is 19.5 Å². The third-order valence-corrected chi connectivity index (χ3v) is 2.53. The first-order chi connectivity index (χ1) is 8.55. The molecule has 6 heteroatoms. The van der Waals surface area contributed by atoms with Gasteiger partial charge in [0.1, 0.15) is 11.6 Å². The van der Waals surface area contributed by atoms with Crippen LogP contribution in [0.4, 0.5) is 0 Å². The fourth-order valence-electron chi connectivity index (χ4n) is 1.61. The molecule has 6 nitrogen and oxygen atoms in total. The summed E-state index contributed by atoms with van der Waals surface area (Å²) in [6.45, 7) is 3.33. The van der Waals surface area contributed by atoms with E-state index in [-0.39, 0.29) is 5.84 Å². The van der Waals surface area contributed by atoms with Crippen LogP contribution in [0, 0.1) is 6.92 Å². The van der Waals surface area contributed by atoms with Crippen molar-refractivity contribution in [3.63, 3.8) is 0 Å². The zero-order chi connectivity index (χ0) is 13.5. The first-order valence-corrected chi connectivity index (χ1v) is 5.71. The second kappa shape index (κ2) is 6.80. The Morgan fingerprint density at radius 2 is 2.28 bits per heavy atom. The van der Waals surface area contributed by atoms with Crippen LogP contribution in [0.25, 0.3) is 0 Å². The van der Waals surface area contributed by atoms with Gasteiger partial charge in [-0.3, -0.25) is 4.98 Å². The van der Waals surface area contributed by atoms with Gasteiger partial charge in [0.15, 0.2) is 0 Å². The molecule has 0 amide bonds. The molecule has 0 fully saturated rings. The van der Waals surface area contributed by atoms with Crippen molar-refractivity contribution >= 4 is 5.84 Å². The lowest BCUT2D eigenvalue weighted by molar-refractivity contribution is 0.308. The van der Waals surface area contributed by atoms with Gasteiger partial charge in [-0.1, -0.05) is 5.16 Å². The van der Waals surface area contributed by atoms with Crippen LogP contribution in [0.1, 0.15) is 17.8 Å². The minimum atomic E-state index is 0.233. The highest BCUT2D eigenvalue weighted by atomic mass is 16.5. The highest BCUT2D eigenvalue weighted by Gasteiger charge is 2.05. The number of aryl methyl sites for hydroxylation is 1. The third kappa shape index (κ3) is 4.58. The quantitative estimate of drug-likeness (QED) is 0.341. The summed E-state index contributed by atoms with van der Waals surface area (Å²) in [5, 5.41) is 11.4. The summed E-state index contributed by atoms with van der Waals surface area (Å²) >= 11 is 0. The molecule has 0 radical (unpaired) electrons. The predicted molar refractivity (Wildman–Crippen MR) is 69.9 cm³/mol. The molecule has 0 bridgehead atoms. The highest BCUT2D eigenvalue weighted by molar-refractivity contribution is 5.79. The number of oxime groups is 1. The van der Waals surface area contributed by atoms with Crippen LogP contribution in [0.5, 0.6) is 5.75 Å². The zero-order valence-electron chi connectivity index (χ0n) is 11.1. The molecule has 0 aromatic carbocycles. The Hall–Kier alpha value is -1.82. The average molecular weight is 252 g/mol. The van der Waals surface area contributed by atoms with Crippen molar-refractivity contribution in [2.75, 3.05) is 20.7 Å². The SMILES string of the molecule is COc1cc(C)nc(CN(C)CC/C(N)=N/O)c1. The van der Waals surface area contributed by atoms with E-state index in [1.165, 1.54) is 0 Å². The fraction of sp³-hybridized carbons (Fsp3) is 0.500. The van der Waals surface area contributed by atoms with E-state index in [0.717, 1.165) is 17.1 Å². The van der Waals surface area contributed by atoms with Crippen molar-refractivity contribution in [3.05, 3.63) is 23.5 Å². The molecule has 0 aliphatic carbocycles. The maximum absolute atomic E-state index is 8.46. The average Bonchev–Trinajstić information content (AvgIpc) is 2.35. The third-order valence-electron chi connectivity index (χ3n) is 2.53. The van der Waals surface area contributed by atoms with Gasteiger partial charge < -0.3 is 20.6 Å². The Balaban J connectivity index is 2.58.